The molecule has 0 spiro atoms. The number of hydrogen-bond acceptors (Lipinski definition) is 2. The molecule has 4 rings (SSSR count). The van der Waals surface area contributed by atoms with Crippen molar-refractivity contribution in [1.29, 1.82) is 0 Å². The smallest absolute Gasteiger partial charge is 0.0727 e. The second kappa shape index (κ2) is 8.28. The first kappa shape index (κ1) is 18.3. The van der Waals surface area contributed by atoms with Gasteiger partial charge in [-0.05, 0) is 45.2 Å². The van der Waals surface area contributed by atoms with E-state index in [-0.39, 0.29) is 0 Å². The zero-order chi connectivity index (χ0) is 19.3. The molecule has 0 bridgehead atoms. The summed E-state index contributed by atoms with van der Waals surface area (Å²) in [6.07, 6.45) is 0. The zero-order valence-corrected chi connectivity index (χ0v) is 16.4. The first-order chi connectivity index (χ1) is 13.7. The van der Waals surface area contributed by atoms with Gasteiger partial charge in [0.1, 0.15) is 0 Å². The van der Waals surface area contributed by atoms with Crippen molar-refractivity contribution >= 4 is 16.5 Å². The van der Waals surface area contributed by atoms with Crippen LogP contribution in [0.4, 0.5) is 5.69 Å². The van der Waals surface area contributed by atoms with Crippen LogP contribution in [0.5, 0.6) is 0 Å². The van der Waals surface area contributed by atoms with Gasteiger partial charge in [0.15, 0.2) is 0 Å². The minimum absolute atomic E-state index is 0.606. The van der Waals surface area contributed by atoms with Crippen LogP contribution in [0.1, 0.15) is 11.1 Å². The fraction of sp³-hybridized carbons (Fsp3) is 0.154. The Morgan fingerprint density at radius 3 is 2.11 bits per heavy atom. The molecule has 0 radical (unpaired) electrons. The molecule has 0 aliphatic carbocycles. The minimum Gasteiger partial charge on any atom is -0.378 e. The van der Waals surface area contributed by atoms with Crippen LogP contribution in [-0.4, -0.2) is 14.1 Å². The molecule has 0 saturated carbocycles. The molecule has 0 N–H and O–H groups in total. The van der Waals surface area contributed by atoms with Crippen LogP contribution in [-0.2, 0) is 18.0 Å². The minimum atomic E-state index is 0.606. The molecule has 0 saturated heterocycles. The van der Waals surface area contributed by atoms with Crippen molar-refractivity contribution in [2.75, 3.05) is 19.0 Å². The molecule has 2 heteroatoms. The van der Waals surface area contributed by atoms with Gasteiger partial charge in [0.25, 0.3) is 0 Å². The number of anilines is 1. The maximum Gasteiger partial charge on any atom is 0.0727 e. The Labute approximate surface area is 167 Å². The number of hydrogen-bond donors (Lipinski definition) is 0. The third-order valence-corrected chi connectivity index (χ3v) is 5.08. The first-order valence-corrected chi connectivity index (χ1v) is 9.62. The van der Waals surface area contributed by atoms with Gasteiger partial charge < -0.3 is 9.64 Å². The fourth-order valence-corrected chi connectivity index (χ4v) is 3.54. The molecule has 2 nitrogen and oxygen atoms in total. The van der Waals surface area contributed by atoms with E-state index in [2.05, 4.69) is 91.8 Å². The van der Waals surface area contributed by atoms with E-state index in [0.29, 0.717) is 13.2 Å². The highest BCUT2D eigenvalue weighted by molar-refractivity contribution is 5.98. The zero-order valence-electron chi connectivity index (χ0n) is 16.4. The van der Waals surface area contributed by atoms with Crippen LogP contribution in [0.3, 0.4) is 0 Å². The second-order valence-corrected chi connectivity index (χ2v) is 7.24. The van der Waals surface area contributed by atoms with E-state index in [1.807, 2.05) is 18.2 Å². The van der Waals surface area contributed by atoms with Gasteiger partial charge in [0, 0.05) is 19.8 Å². The van der Waals surface area contributed by atoms with E-state index in [1.54, 1.807) is 0 Å². The van der Waals surface area contributed by atoms with Crippen LogP contribution >= 0.6 is 0 Å². The van der Waals surface area contributed by atoms with Crippen molar-refractivity contribution in [1.82, 2.24) is 0 Å². The normalized spacial score (nSPS) is 10.9. The summed E-state index contributed by atoms with van der Waals surface area (Å²) >= 11 is 0. The molecule has 140 valence electrons. The average Bonchev–Trinajstić information content (AvgIpc) is 2.74. The largest absolute Gasteiger partial charge is 0.378 e. The van der Waals surface area contributed by atoms with Gasteiger partial charge in [0.2, 0.25) is 0 Å². The van der Waals surface area contributed by atoms with Gasteiger partial charge in [-0.2, -0.15) is 0 Å². The van der Waals surface area contributed by atoms with E-state index in [4.69, 9.17) is 4.74 Å². The van der Waals surface area contributed by atoms with E-state index in [1.165, 1.54) is 38.7 Å². The lowest BCUT2D eigenvalue weighted by molar-refractivity contribution is 0.108. The summed E-state index contributed by atoms with van der Waals surface area (Å²) in [5, 5.41) is 2.52. The summed E-state index contributed by atoms with van der Waals surface area (Å²) in [5.74, 6) is 0. The molecule has 0 fully saturated rings. The van der Waals surface area contributed by atoms with Crippen LogP contribution in [0.2, 0.25) is 0 Å². The molecular formula is C26H25NO. The highest BCUT2D eigenvalue weighted by Gasteiger charge is 2.08. The first-order valence-electron chi connectivity index (χ1n) is 9.62. The van der Waals surface area contributed by atoms with Crippen LogP contribution in [0.15, 0.2) is 91.0 Å². The Morgan fingerprint density at radius 2 is 1.36 bits per heavy atom. The number of ether oxygens (including phenoxy) is 1. The molecule has 0 atom stereocenters. The van der Waals surface area contributed by atoms with Crippen molar-refractivity contribution in [3.63, 3.8) is 0 Å². The van der Waals surface area contributed by atoms with E-state index in [9.17, 15) is 0 Å². The van der Waals surface area contributed by atoms with E-state index < -0.39 is 0 Å². The molecule has 4 aromatic rings. The van der Waals surface area contributed by atoms with Crippen molar-refractivity contribution in [2.45, 2.75) is 13.2 Å². The fourth-order valence-electron chi connectivity index (χ4n) is 3.54. The van der Waals surface area contributed by atoms with Crippen molar-refractivity contribution < 1.29 is 4.74 Å². The summed E-state index contributed by atoms with van der Waals surface area (Å²) < 4.78 is 6.00. The molecule has 0 aromatic heterocycles. The summed E-state index contributed by atoms with van der Waals surface area (Å²) in [5.41, 5.74) is 6.12. The quantitative estimate of drug-likeness (QED) is 0.397. The van der Waals surface area contributed by atoms with Crippen LogP contribution in [0, 0.1) is 0 Å². The van der Waals surface area contributed by atoms with Gasteiger partial charge in [-0.15, -0.1) is 0 Å². The van der Waals surface area contributed by atoms with Crippen LogP contribution < -0.4 is 4.90 Å². The lowest BCUT2D eigenvalue weighted by atomic mass is 9.95. The van der Waals surface area contributed by atoms with Gasteiger partial charge in [-0.25, -0.2) is 0 Å². The maximum atomic E-state index is 6.00. The van der Waals surface area contributed by atoms with Gasteiger partial charge >= 0.3 is 0 Å². The lowest BCUT2D eigenvalue weighted by Gasteiger charge is -2.14. The SMILES string of the molecule is CN(C)c1ccc(-c2cccc3c(COCc4ccccc4)cccc23)cc1. The molecule has 28 heavy (non-hydrogen) atoms. The summed E-state index contributed by atoms with van der Waals surface area (Å²) in [6.45, 7) is 1.23. The Hall–Kier alpha value is -3.10. The summed E-state index contributed by atoms with van der Waals surface area (Å²) in [7, 11) is 4.13. The Bertz CT molecular complexity index is 1050. The van der Waals surface area contributed by atoms with Crippen molar-refractivity contribution in [3.05, 3.63) is 102 Å². The molecular weight excluding hydrogens is 342 g/mol. The summed E-state index contributed by atoms with van der Waals surface area (Å²) in [6, 6.07) is 32.0. The molecule has 0 amide bonds. The third kappa shape index (κ3) is 3.92. The summed E-state index contributed by atoms with van der Waals surface area (Å²) in [4.78, 5) is 2.12. The Morgan fingerprint density at radius 1 is 0.643 bits per heavy atom. The van der Waals surface area contributed by atoms with Crippen LogP contribution in [0.25, 0.3) is 21.9 Å². The van der Waals surface area contributed by atoms with Gasteiger partial charge in [-0.1, -0.05) is 78.9 Å². The van der Waals surface area contributed by atoms with Crippen molar-refractivity contribution in [3.8, 4) is 11.1 Å². The highest BCUT2D eigenvalue weighted by Crippen LogP contribution is 2.31. The van der Waals surface area contributed by atoms with E-state index >= 15 is 0 Å². The predicted molar refractivity (Wildman–Crippen MR) is 119 cm³/mol. The number of benzene rings is 4. The molecule has 0 heterocycles. The average molecular weight is 367 g/mol. The third-order valence-electron chi connectivity index (χ3n) is 5.08. The second-order valence-electron chi connectivity index (χ2n) is 7.24. The van der Waals surface area contributed by atoms with Gasteiger partial charge in [0.05, 0.1) is 13.2 Å². The Balaban J connectivity index is 1.61. The molecule has 0 unspecified atom stereocenters. The number of nitrogens with zero attached hydrogens (tertiary/aromatic N) is 1. The monoisotopic (exact) mass is 367 g/mol. The molecule has 0 aliphatic rings. The molecule has 0 aliphatic heterocycles. The topological polar surface area (TPSA) is 12.5 Å². The Kier molecular flexibility index (Phi) is 5.41. The van der Waals surface area contributed by atoms with Gasteiger partial charge in [-0.3, -0.25) is 0 Å². The highest BCUT2D eigenvalue weighted by atomic mass is 16.5. The van der Waals surface area contributed by atoms with E-state index in [0.717, 1.165) is 0 Å². The lowest BCUT2D eigenvalue weighted by Crippen LogP contribution is -2.07. The standard InChI is InChI=1S/C26H25NO/c1-27(2)23-16-14-21(15-17-23)24-11-7-12-25-22(10-6-13-26(24)25)19-28-18-20-8-4-3-5-9-20/h3-17H,18-19H2,1-2H3. The predicted octanol–water partition coefficient (Wildman–Crippen LogP) is 6.29. The molecule has 4 aromatic carbocycles. The van der Waals surface area contributed by atoms with Crippen molar-refractivity contribution in [2.24, 2.45) is 0 Å². The number of fused-ring (bicyclic) bond motifs is 1. The number of rotatable bonds is 6. The maximum absolute atomic E-state index is 6.00.